The van der Waals surface area contributed by atoms with Gasteiger partial charge in [-0.3, -0.25) is 19.2 Å². The van der Waals surface area contributed by atoms with Gasteiger partial charge in [-0.15, -0.1) is 0 Å². The lowest BCUT2D eigenvalue weighted by atomic mass is 9.92. The van der Waals surface area contributed by atoms with Gasteiger partial charge in [0.25, 0.3) is 0 Å². The van der Waals surface area contributed by atoms with E-state index in [2.05, 4.69) is 50.5 Å². The van der Waals surface area contributed by atoms with Crippen molar-refractivity contribution in [2.45, 2.75) is 25.7 Å². The SMILES string of the molecule is O=C(CCS)OCC(COC(=O)CCS)(COC(=O)CCS)COC(=O)CCS.OCCOCCOCCO. The summed E-state index contributed by atoms with van der Waals surface area (Å²) in [7, 11) is 0. The Balaban J connectivity index is 0. The van der Waals surface area contributed by atoms with Gasteiger partial charge in [-0.25, -0.2) is 0 Å². The fourth-order valence-electron chi connectivity index (χ4n) is 2.29. The molecule has 2 N–H and O–H groups in total. The smallest absolute Gasteiger partial charge is 0.306 e. The zero-order chi connectivity index (χ0) is 29.8. The van der Waals surface area contributed by atoms with E-state index >= 15 is 0 Å². The topological polar surface area (TPSA) is 164 Å². The molecule has 0 aliphatic carbocycles. The number of esters is 4. The molecule has 0 saturated carbocycles. The molecule has 0 saturated heterocycles. The van der Waals surface area contributed by atoms with Crippen LogP contribution in [0.4, 0.5) is 0 Å². The van der Waals surface area contributed by atoms with Gasteiger partial charge in [-0.1, -0.05) is 0 Å². The molecule has 230 valence electrons. The van der Waals surface area contributed by atoms with E-state index in [9.17, 15) is 19.2 Å². The maximum atomic E-state index is 11.8. The van der Waals surface area contributed by atoms with Gasteiger partial charge in [-0.2, -0.15) is 50.5 Å². The first kappa shape index (κ1) is 40.3. The lowest BCUT2D eigenvalue weighted by Gasteiger charge is -2.31. The molecule has 0 aliphatic heterocycles. The second-order valence-electron chi connectivity index (χ2n) is 7.71. The fourth-order valence-corrected chi connectivity index (χ4v) is 3.02. The van der Waals surface area contributed by atoms with Crippen molar-refractivity contribution in [3.63, 3.8) is 0 Å². The number of carbonyl (C=O) groups excluding carboxylic acids is 4. The Morgan fingerprint density at radius 3 is 0.949 bits per heavy atom. The first-order valence-corrected chi connectivity index (χ1v) is 14.7. The molecule has 0 aromatic heterocycles. The number of aliphatic hydroxyl groups is 2. The molecule has 0 rings (SSSR count). The van der Waals surface area contributed by atoms with Crippen molar-refractivity contribution in [1.82, 2.24) is 0 Å². The molecule has 0 spiro atoms. The molecule has 12 nitrogen and oxygen atoms in total. The summed E-state index contributed by atoms with van der Waals surface area (Å²) in [6.45, 7) is 0.602. The van der Waals surface area contributed by atoms with E-state index in [0.29, 0.717) is 26.4 Å². The van der Waals surface area contributed by atoms with Gasteiger partial charge in [0.2, 0.25) is 0 Å². The molecule has 39 heavy (non-hydrogen) atoms. The highest BCUT2D eigenvalue weighted by Gasteiger charge is 2.37. The highest BCUT2D eigenvalue weighted by atomic mass is 32.1. The van der Waals surface area contributed by atoms with Crippen molar-refractivity contribution in [3.8, 4) is 0 Å². The van der Waals surface area contributed by atoms with E-state index in [-0.39, 0.29) is 88.3 Å². The van der Waals surface area contributed by atoms with Gasteiger partial charge in [0.1, 0.15) is 31.8 Å². The molecular weight excluding hydrogens is 597 g/mol. The second-order valence-corrected chi connectivity index (χ2v) is 9.50. The summed E-state index contributed by atoms with van der Waals surface area (Å²) in [5, 5.41) is 16.5. The minimum absolute atomic E-state index is 0.0417. The number of ether oxygens (including phenoxy) is 6. The zero-order valence-electron chi connectivity index (χ0n) is 22.0. The summed E-state index contributed by atoms with van der Waals surface area (Å²) in [6, 6.07) is 0. The molecule has 0 radical (unpaired) electrons. The predicted molar refractivity (Wildman–Crippen MR) is 156 cm³/mol. The Hall–Kier alpha value is -0.880. The van der Waals surface area contributed by atoms with Crippen LogP contribution in [0.3, 0.4) is 0 Å². The summed E-state index contributed by atoms with van der Waals surface area (Å²) >= 11 is 15.9. The quantitative estimate of drug-likeness (QED) is 0.0397. The van der Waals surface area contributed by atoms with Gasteiger partial charge in [0.05, 0.1) is 65.3 Å². The monoisotopic (exact) mass is 638 g/mol. The first-order chi connectivity index (χ1) is 18.7. The lowest BCUT2D eigenvalue weighted by molar-refractivity contribution is -0.170. The Kier molecular flexibility index (Phi) is 29.6. The number of hydrogen-bond donors (Lipinski definition) is 6. The van der Waals surface area contributed by atoms with E-state index in [4.69, 9.17) is 38.6 Å². The average molecular weight is 639 g/mol. The lowest BCUT2D eigenvalue weighted by Crippen LogP contribution is -2.44. The van der Waals surface area contributed by atoms with E-state index < -0.39 is 29.3 Å². The van der Waals surface area contributed by atoms with Crippen LogP contribution in [0, 0.1) is 5.41 Å². The van der Waals surface area contributed by atoms with Crippen LogP contribution in [-0.4, -0.2) is 123 Å². The van der Waals surface area contributed by atoms with Crippen molar-refractivity contribution >= 4 is 74.4 Å². The van der Waals surface area contributed by atoms with Crippen molar-refractivity contribution in [3.05, 3.63) is 0 Å². The van der Waals surface area contributed by atoms with Crippen LogP contribution in [0.1, 0.15) is 25.7 Å². The van der Waals surface area contributed by atoms with Gasteiger partial charge in [0, 0.05) is 23.0 Å². The van der Waals surface area contributed by atoms with Gasteiger partial charge in [0.15, 0.2) is 0 Å². The highest BCUT2D eigenvalue weighted by molar-refractivity contribution is 7.80. The second kappa shape index (κ2) is 28.6. The summed E-state index contributed by atoms with van der Waals surface area (Å²) < 4.78 is 30.6. The largest absolute Gasteiger partial charge is 0.465 e. The van der Waals surface area contributed by atoms with E-state index in [1.807, 2.05) is 0 Å². The molecule has 0 heterocycles. The Morgan fingerprint density at radius 2 is 0.744 bits per heavy atom. The van der Waals surface area contributed by atoms with Crippen LogP contribution in [0.15, 0.2) is 0 Å². The molecule has 0 atom stereocenters. The highest BCUT2D eigenvalue weighted by Crippen LogP contribution is 2.22. The van der Waals surface area contributed by atoms with Crippen molar-refractivity contribution in [1.29, 1.82) is 0 Å². The Bertz CT molecular complexity index is 553. The average Bonchev–Trinajstić information content (AvgIpc) is 2.91. The molecule has 0 bridgehead atoms. The van der Waals surface area contributed by atoms with E-state index in [1.54, 1.807) is 0 Å². The number of carbonyl (C=O) groups is 4. The standard InChI is InChI=1S/C17H28O8S4.C6H14O4/c18-13(1-5-26)22-9-17(10-23-14(19)2-6-27,11-24-15(20)3-7-28)12-25-16(21)4-8-29;7-1-3-9-5-6-10-4-2-8/h26-29H,1-12H2;7-8H,1-6H2. The maximum absolute atomic E-state index is 11.8. The molecule has 0 aromatic rings. The number of hydrogen-bond acceptors (Lipinski definition) is 16. The summed E-state index contributed by atoms with van der Waals surface area (Å²) in [4.78, 5) is 47.1. The molecular formula is C23H42O12S4. The van der Waals surface area contributed by atoms with E-state index in [1.165, 1.54) is 0 Å². The van der Waals surface area contributed by atoms with Crippen LogP contribution < -0.4 is 0 Å². The van der Waals surface area contributed by atoms with E-state index in [0.717, 1.165) is 0 Å². The molecule has 0 amide bonds. The third-order valence-corrected chi connectivity index (χ3v) is 5.16. The normalized spacial score (nSPS) is 10.7. The number of rotatable bonds is 23. The molecule has 0 aromatic carbocycles. The van der Waals surface area contributed by atoms with Crippen LogP contribution in [0.5, 0.6) is 0 Å². The Labute approximate surface area is 251 Å². The van der Waals surface area contributed by atoms with Crippen molar-refractivity contribution in [2.75, 3.05) is 89.1 Å². The minimum Gasteiger partial charge on any atom is -0.465 e. The first-order valence-electron chi connectivity index (χ1n) is 12.2. The molecule has 0 unspecified atom stereocenters. The summed E-state index contributed by atoms with van der Waals surface area (Å²) in [6.07, 6.45) is 0.268. The van der Waals surface area contributed by atoms with Gasteiger partial charge >= 0.3 is 23.9 Å². The van der Waals surface area contributed by atoms with Crippen LogP contribution in [0.2, 0.25) is 0 Å². The Morgan fingerprint density at radius 1 is 0.487 bits per heavy atom. The van der Waals surface area contributed by atoms with Gasteiger partial charge in [-0.05, 0) is 0 Å². The zero-order valence-corrected chi connectivity index (χ0v) is 25.6. The third-order valence-electron chi connectivity index (χ3n) is 4.26. The third kappa shape index (κ3) is 25.8. The number of thiol groups is 4. The van der Waals surface area contributed by atoms with Crippen LogP contribution in [-0.2, 0) is 47.6 Å². The predicted octanol–water partition coefficient (Wildman–Crippen LogP) is 0.429. The number of aliphatic hydroxyl groups excluding tert-OH is 2. The molecule has 0 aliphatic rings. The molecule has 0 fully saturated rings. The fraction of sp³-hybridized carbons (Fsp3) is 0.826. The van der Waals surface area contributed by atoms with Gasteiger partial charge < -0.3 is 38.6 Å². The van der Waals surface area contributed by atoms with Crippen LogP contribution in [0.25, 0.3) is 0 Å². The molecule has 16 heteroatoms. The maximum Gasteiger partial charge on any atom is 0.306 e. The van der Waals surface area contributed by atoms with Crippen LogP contribution >= 0.6 is 50.5 Å². The summed E-state index contributed by atoms with van der Waals surface area (Å²) in [5.41, 5.74) is -1.25. The minimum atomic E-state index is -1.25. The summed E-state index contributed by atoms with van der Waals surface area (Å²) in [5.74, 6) is -0.978. The van der Waals surface area contributed by atoms with Crippen molar-refractivity contribution < 1.29 is 57.8 Å². The van der Waals surface area contributed by atoms with Crippen molar-refractivity contribution in [2.24, 2.45) is 5.41 Å².